The van der Waals surface area contributed by atoms with Crippen LogP contribution in [-0.2, 0) is 9.59 Å². The van der Waals surface area contributed by atoms with Gasteiger partial charge in [-0.25, -0.2) is 5.48 Å². The molecule has 0 spiro atoms. The number of carbonyl (C=O) groups is 3. The Balaban J connectivity index is 1.50. The molecule has 1 saturated carbocycles. The van der Waals surface area contributed by atoms with Crippen LogP contribution in [0.25, 0.3) is 0 Å². The van der Waals surface area contributed by atoms with Gasteiger partial charge in [-0.05, 0) is 87.1 Å². The van der Waals surface area contributed by atoms with E-state index in [0.717, 1.165) is 0 Å². The van der Waals surface area contributed by atoms with Crippen LogP contribution >= 0.6 is 0 Å². The molecule has 0 heterocycles. The first kappa shape index (κ1) is 29.7. The van der Waals surface area contributed by atoms with Crippen molar-refractivity contribution in [1.29, 1.82) is 0 Å². The van der Waals surface area contributed by atoms with Crippen molar-refractivity contribution >= 4 is 23.4 Å². The van der Waals surface area contributed by atoms with E-state index in [2.05, 4.69) is 22.5 Å². The van der Waals surface area contributed by atoms with Crippen LogP contribution in [0.3, 0.4) is 0 Å². The molecule has 1 fully saturated rings. The molecule has 0 aliphatic heterocycles. The lowest BCUT2D eigenvalue weighted by molar-refractivity contribution is -0.184. The Hall–Kier alpha value is -3.88. The van der Waals surface area contributed by atoms with Crippen molar-refractivity contribution in [3.63, 3.8) is 0 Å². The topological polar surface area (TPSA) is 128 Å². The summed E-state index contributed by atoms with van der Waals surface area (Å²) >= 11 is 0. The zero-order chi connectivity index (χ0) is 28.6. The van der Waals surface area contributed by atoms with Crippen molar-refractivity contribution in [2.24, 2.45) is 11.8 Å². The maximum Gasteiger partial charge on any atom is 0.391 e. The van der Waals surface area contributed by atoms with Crippen LogP contribution in [0, 0.1) is 23.7 Å². The first-order valence-corrected chi connectivity index (χ1v) is 12.5. The van der Waals surface area contributed by atoms with Crippen molar-refractivity contribution in [2.75, 3.05) is 5.32 Å². The average Bonchev–Trinajstić information content (AvgIpc) is 2.90. The predicted octanol–water partition coefficient (Wildman–Crippen LogP) is 3.77. The second-order valence-electron chi connectivity index (χ2n) is 9.58. The highest BCUT2D eigenvalue weighted by Gasteiger charge is 2.41. The van der Waals surface area contributed by atoms with Gasteiger partial charge >= 0.3 is 6.18 Å². The van der Waals surface area contributed by atoms with Crippen molar-refractivity contribution in [1.82, 2.24) is 10.8 Å². The lowest BCUT2D eigenvalue weighted by Gasteiger charge is -2.29. The second kappa shape index (κ2) is 13.3. The summed E-state index contributed by atoms with van der Waals surface area (Å²) in [6, 6.07) is 11.7. The van der Waals surface area contributed by atoms with Gasteiger partial charge in [0.15, 0.2) is 0 Å². The Morgan fingerprint density at radius 1 is 0.949 bits per heavy atom. The molecule has 3 amide bonds. The van der Waals surface area contributed by atoms with E-state index in [1.807, 2.05) is 0 Å². The molecule has 11 heteroatoms. The number of benzene rings is 2. The molecule has 1 aliphatic carbocycles. The molecular formula is C28H30F3N3O5. The fourth-order valence-electron chi connectivity index (χ4n) is 4.35. The van der Waals surface area contributed by atoms with Gasteiger partial charge in [-0.2, -0.15) is 13.2 Å². The van der Waals surface area contributed by atoms with Crippen molar-refractivity contribution in [3.05, 3.63) is 65.2 Å². The van der Waals surface area contributed by atoms with Gasteiger partial charge in [0.05, 0.1) is 12.0 Å². The van der Waals surface area contributed by atoms with Crippen LogP contribution in [-0.4, -0.2) is 46.4 Å². The van der Waals surface area contributed by atoms with E-state index < -0.39 is 36.1 Å². The van der Waals surface area contributed by atoms with Crippen LogP contribution in [0.2, 0.25) is 0 Å². The van der Waals surface area contributed by atoms with E-state index in [1.165, 1.54) is 24.5 Å². The molecule has 2 atom stereocenters. The largest absolute Gasteiger partial charge is 0.391 e. The monoisotopic (exact) mass is 545 g/mol. The van der Waals surface area contributed by atoms with Gasteiger partial charge in [0.25, 0.3) is 11.8 Å². The summed E-state index contributed by atoms with van der Waals surface area (Å²) in [7, 11) is 0. The fourth-order valence-corrected chi connectivity index (χ4v) is 4.35. The molecule has 1 aliphatic rings. The number of anilines is 1. The Morgan fingerprint density at radius 3 is 1.97 bits per heavy atom. The summed E-state index contributed by atoms with van der Waals surface area (Å²) in [4.78, 5) is 36.3. The van der Waals surface area contributed by atoms with Gasteiger partial charge in [-0.3, -0.25) is 19.6 Å². The zero-order valence-electron chi connectivity index (χ0n) is 21.2. The van der Waals surface area contributed by atoms with Crippen LogP contribution in [0.15, 0.2) is 48.5 Å². The Kier molecular flexibility index (Phi) is 10.1. The van der Waals surface area contributed by atoms with Crippen LogP contribution in [0.1, 0.15) is 60.5 Å². The third-order valence-corrected chi connectivity index (χ3v) is 6.61. The quantitative estimate of drug-likeness (QED) is 0.206. The highest BCUT2D eigenvalue weighted by atomic mass is 19.4. The first-order valence-electron chi connectivity index (χ1n) is 12.5. The smallest absolute Gasteiger partial charge is 0.391 e. The molecule has 3 rings (SSSR count). The minimum absolute atomic E-state index is 0.0501. The Bertz CT molecular complexity index is 1210. The molecule has 0 bridgehead atoms. The molecule has 8 nitrogen and oxygen atoms in total. The number of hydrogen-bond acceptors (Lipinski definition) is 5. The van der Waals surface area contributed by atoms with E-state index >= 15 is 0 Å². The Labute approximate surface area is 223 Å². The van der Waals surface area contributed by atoms with E-state index in [0.29, 0.717) is 29.7 Å². The number of alkyl halides is 3. The number of nitrogens with one attached hydrogen (secondary N) is 3. The van der Waals surface area contributed by atoms with E-state index in [9.17, 15) is 32.7 Å². The zero-order valence-corrected chi connectivity index (χ0v) is 21.2. The average molecular weight is 546 g/mol. The maximum absolute atomic E-state index is 12.8. The molecule has 5 N–H and O–H groups in total. The lowest BCUT2D eigenvalue weighted by atomic mass is 9.80. The van der Waals surface area contributed by atoms with Gasteiger partial charge in [-0.15, -0.1) is 0 Å². The van der Waals surface area contributed by atoms with Gasteiger partial charge in [-0.1, -0.05) is 11.8 Å². The summed E-state index contributed by atoms with van der Waals surface area (Å²) in [6.07, 6.45) is -4.29. The molecule has 0 radical (unpaired) electrons. The number of hydroxylamine groups is 1. The van der Waals surface area contributed by atoms with Crippen LogP contribution in [0.4, 0.5) is 18.9 Å². The number of hydrogen-bond donors (Lipinski definition) is 5. The minimum atomic E-state index is -4.16. The normalized spacial score (nSPS) is 18.6. The second-order valence-corrected chi connectivity index (χ2v) is 9.58. The van der Waals surface area contributed by atoms with E-state index in [4.69, 9.17) is 5.21 Å². The van der Waals surface area contributed by atoms with Crippen LogP contribution < -0.4 is 16.1 Å². The highest BCUT2D eigenvalue weighted by molar-refractivity contribution is 5.97. The summed E-state index contributed by atoms with van der Waals surface area (Å²) in [5, 5.41) is 23.5. The predicted molar refractivity (Wildman–Crippen MR) is 136 cm³/mol. The summed E-state index contributed by atoms with van der Waals surface area (Å²) < 4.78 is 38.4. The van der Waals surface area contributed by atoms with E-state index in [1.54, 1.807) is 36.4 Å². The fraction of sp³-hybridized carbons (Fsp3) is 0.393. The molecule has 2 aromatic carbocycles. The third kappa shape index (κ3) is 8.84. The minimum Gasteiger partial charge on any atom is -0.391 e. The number of halogens is 3. The standard InChI is InChI=1S/C28H30F3N3O5/c1-17(35)25(27(38)34-39)33-26(37)21-10-4-18(5-11-21)2-3-19-8-14-23(15-9-19)32-24(36)16-20-6-12-22(13-7-20)28(29,30)31/h4-5,8-11,14-15,17,20,22,25,35,39H,6-7,12-13,16H2,1H3,(H,32,36)(H,33,37)(H,34,38)/t17-,20?,22?,25+/m1/s1. The molecule has 39 heavy (non-hydrogen) atoms. The number of carbonyl (C=O) groups excluding carboxylic acids is 3. The van der Waals surface area contributed by atoms with E-state index in [-0.39, 0.29) is 36.7 Å². The molecule has 0 saturated heterocycles. The first-order chi connectivity index (χ1) is 18.5. The van der Waals surface area contributed by atoms with Gasteiger partial charge in [0, 0.05) is 28.8 Å². The summed E-state index contributed by atoms with van der Waals surface area (Å²) in [6.45, 7) is 1.30. The van der Waals surface area contributed by atoms with Gasteiger partial charge in [0.1, 0.15) is 6.04 Å². The maximum atomic E-state index is 12.8. The number of aliphatic hydroxyl groups is 1. The van der Waals surface area contributed by atoms with Gasteiger partial charge < -0.3 is 15.7 Å². The molecular weight excluding hydrogens is 515 g/mol. The summed E-state index contributed by atoms with van der Waals surface area (Å²) in [5.41, 5.74) is 3.48. The van der Waals surface area contributed by atoms with Crippen molar-refractivity contribution in [3.8, 4) is 11.8 Å². The lowest BCUT2D eigenvalue weighted by Crippen LogP contribution is -2.51. The SMILES string of the molecule is C[C@@H](O)[C@H](NC(=O)c1ccc(C#Cc2ccc(NC(=O)CC3CCC(C(F)(F)F)CC3)cc2)cc1)C(=O)NO. The highest BCUT2D eigenvalue weighted by Crippen LogP contribution is 2.40. The van der Waals surface area contributed by atoms with Crippen molar-refractivity contribution in [2.45, 2.75) is 57.3 Å². The summed E-state index contributed by atoms with van der Waals surface area (Å²) in [5.74, 6) is 2.82. The third-order valence-electron chi connectivity index (χ3n) is 6.61. The van der Waals surface area contributed by atoms with Gasteiger partial charge in [0.2, 0.25) is 5.91 Å². The van der Waals surface area contributed by atoms with Crippen LogP contribution in [0.5, 0.6) is 0 Å². The Morgan fingerprint density at radius 2 is 1.49 bits per heavy atom. The number of rotatable bonds is 7. The molecule has 208 valence electrons. The molecule has 2 aromatic rings. The molecule has 0 unspecified atom stereocenters. The molecule has 0 aromatic heterocycles. The number of aliphatic hydroxyl groups excluding tert-OH is 1. The number of amides is 3. The van der Waals surface area contributed by atoms with Crippen molar-refractivity contribution < 1.29 is 37.9 Å².